The number of aryl methyl sites for hydroxylation is 1. The Kier molecular flexibility index (Phi) is 7.71. The first-order valence-corrected chi connectivity index (χ1v) is 12.4. The zero-order valence-electron chi connectivity index (χ0n) is 19.5. The molecule has 32 heavy (non-hydrogen) atoms. The molecular weight excluding hydrogens is 404 g/mol. The molecule has 2 aliphatic heterocycles. The first-order chi connectivity index (χ1) is 15.6. The Balaban J connectivity index is 1.35. The Morgan fingerprint density at radius 3 is 2.56 bits per heavy atom. The van der Waals surface area contributed by atoms with Gasteiger partial charge in [-0.25, -0.2) is 0 Å². The second kappa shape index (κ2) is 10.7. The third kappa shape index (κ3) is 5.45. The van der Waals surface area contributed by atoms with E-state index in [4.69, 9.17) is 9.47 Å². The smallest absolute Gasteiger partial charge is 0.222 e. The minimum atomic E-state index is 0.217. The van der Waals surface area contributed by atoms with Gasteiger partial charge in [-0.1, -0.05) is 31.4 Å². The van der Waals surface area contributed by atoms with Crippen LogP contribution in [0.3, 0.4) is 0 Å². The Hall–Kier alpha value is -2.08. The molecule has 3 aliphatic rings. The van der Waals surface area contributed by atoms with E-state index in [1.165, 1.54) is 32.1 Å². The zero-order chi connectivity index (χ0) is 22.4. The molecule has 1 saturated carbocycles. The van der Waals surface area contributed by atoms with Gasteiger partial charge in [0.2, 0.25) is 11.8 Å². The molecule has 4 rings (SSSR count). The van der Waals surface area contributed by atoms with Crippen LogP contribution in [0, 0.1) is 11.3 Å². The molecule has 2 amide bonds. The van der Waals surface area contributed by atoms with Crippen molar-refractivity contribution < 1.29 is 19.1 Å². The number of hydrogen-bond acceptors (Lipinski definition) is 4. The number of ether oxygens (including phenoxy) is 2. The molecule has 1 aromatic carbocycles. The highest BCUT2D eigenvalue weighted by atomic mass is 16.5. The summed E-state index contributed by atoms with van der Waals surface area (Å²) in [6.45, 7) is 4.41. The molecule has 1 unspecified atom stereocenters. The van der Waals surface area contributed by atoms with Gasteiger partial charge in [-0.2, -0.15) is 0 Å². The van der Waals surface area contributed by atoms with Crippen molar-refractivity contribution in [3.05, 3.63) is 29.8 Å². The van der Waals surface area contributed by atoms with Crippen LogP contribution in [0.1, 0.15) is 56.9 Å². The molecule has 1 aliphatic carbocycles. The summed E-state index contributed by atoms with van der Waals surface area (Å²) in [7, 11) is 1.67. The van der Waals surface area contributed by atoms with Crippen molar-refractivity contribution in [2.24, 2.45) is 11.3 Å². The number of methoxy groups -OCH3 is 1. The highest BCUT2D eigenvalue weighted by molar-refractivity contribution is 5.77. The summed E-state index contributed by atoms with van der Waals surface area (Å²) in [5.74, 6) is 1.78. The Bertz CT molecular complexity index is 784. The number of hydrogen-bond donors (Lipinski definition) is 0. The van der Waals surface area contributed by atoms with Gasteiger partial charge in [0.15, 0.2) is 0 Å². The lowest BCUT2D eigenvalue weighted by molar-refractivity contribution is -0.135. The first kappa shape index (κ1) is 23.1. The van der Waals surface area contributed by atoms with E-state index in [9.17, 15) is 9.59 Å². The maximum atomic E-state index is 13.1. The van der Waals surface area contributed by atoms with Crippen LogP contribution in [-0.2, 0) is 20.7 Å². The quantitative estimate of drug-likeness (QED) is 0.646. The van der Waals surface area contributed by atoms with Crippen LogP contribution < -0.4 is 4.74 Å². The van der Waals surface area contributed by atoms with Crippen molar-refractivity contribution in [1.82, 2.24) is 9.80 Å². The number of carbonyl (C=O) groups is 2. The average Bonchev–Trinajstić information content (AvgIpc) is 3.19. The monoisotopic (exact) mass is 442 g/mol. The summed E-state index contributed by atoms with van der Waals surface area (Å²) < 4.78 is 10.7. The summed E-state index contributed by atoms with van der Waals surface area (Å²) in [6.07, 6.45) is 8.95. The van der Waals surface area contributed by atoms with E-state index in [1.54, 1.807) is 7.11 Å². The molecule has 176 valence electrons. The second-order valence-corrected chi connectivity index (χ2v) is 9.78. The maximum Gasteiger partial charge on any atom is 0.222 e. The summed E-state index contributed by atoms with van der Waals surface area (Å²) in [4.78, 5) is 29.9. The van der Waals surface area contributed by atoms with Gasteiger partial charge in [-0.05, 0) is 54.7 Å². The van der Waals surface area contributed by atoms with Crippen LogP contribution in [0.15, 0.2) is 24.3 Å². The summed E-state index contributed by atoms with van der Waals surface area (Å²) in [5, 5.41) is 0. The second-order valence-electron chi connectivity index (χ2n) is 9.78. The lowest BCUT2D eigenvalue weighted by Gasteiger charge is -2.38. The maximum absolute atomic E-state index is 13.1. The van der Waals surface area contributed by atoms with Gasteiger partial charge >= 0.3 is 0 Å². The minimum Gasteiger partial charge on any atom is -0.497 e. The number of rotatable bonds is 7. The van der Waals surface area contributed by atoms with Crippen molar-refractivity contribution >= 4 is 11.8 Å². The lowest BCUT2D eigenvalue weighted by atomic mass is 9.66. The highest BCUT2D eigenvalue weighted by Gasteiger charge is 2.47. The number of benzene rings is 1. The van der Waals surface area contributed by atoms with Gasteiger partial charge < -0.3 is 19.3 Å². The van der Waals surface area contributed by atoms with E-state index in [-0.39, 0.29) is 17.2 Å². The number of morpholine rings is 1. The van der Waals surface area contributed by atoms with Crippen LogP contribution in [-0.4, -0.2) is 68.1 Å². The molecule has 1 spiro atoms. The predicted octanol–water partition coefficient (Wildman–Crippen LogP) is 3.68. The fourth-order valence-electron chi connectivity index (χ4n) is 5.95. The van der Waals surface area contributed by atoms with E-state index < -0.39 is 0 Å². The third-order valence-corrected chi connectivity index (χ3v) is 7.85. The molecule has 1 atom stereocenters. The van der Waals surface area contributed by atoms with E-state index in [0.29, 0.717) is 45.1 Å². The van der Waals surface area contributed by atoms with Crippen LogP contribution in [0.4, 0.5) is 0 Å². The standard InChI is InChI=1S/C26H38N2O4/c1-31-23-7-5-6-21(18-23)8-10-25(30)28-19-22(26(20-28)12-3-2-4-13-26)9-11-24(29)27-14-16-32-17-15-27/h5-7,18,22H,2-4,8-17,19-20H2,1H3. The topological polar surface area (TPSA) is 59.1 Å². The molecule has 0 N–H and O–H groups in total. The Morgan fingerprint density at radius 2 is 1.81 bits per heavy atom. The predicted molar refractivity (Wildman–Crippen MR) is 124 cm³/mol. The molecule has 0 radical (unpaired) electrons. The van der Waals surface area contributed by atoms with Crippen LogP contribution >= 0.6 is 0 Å². The summed E-state index contributed by atoms with van der Waals surface area (Å²) in [5.41, 5.74) is 1.35. The molecule has 1 aromatic rings. The van der Waals surface area contributed by atoms with E-state index >= 15 is 0 Å². The molecule has 6 nitrogen and oxygen atoms in total. The van der Waals surface area contributed by atoms with Crippen molar-refractivity contribution in [2.45, 2.75) is 57.8 Å². The minimum absolute atomic E-state index is 0.217. The van der Waals surface area contributed by atoms with Gasteiger partial charge in [0.1, 0.15) is 5.75 Å². The number of nitrogens with zero attached hydrogens (tertiary/aromatic N) is 2. The van der Waals surface area contributed by atoms with Crippen molar-refractivity contribution in [2.75, 3.05) is 46.5 Å². The van der Waals surface area contributed by atoms with Gasteiger partial charge in [-0.15, -0.1) is 0 Å². The summed E-state index contributed by atoms with van der Waals surface area (Å²) >= 11 is 0. The van der Waals surface area contributed by atoms with Gasteiger partial charge in [0.05, 0.1) is 20.3 Å². The lowest BCUT2D eigenvalue weighted by Crippen LogP contribution is -2.41. The van der Waals surface area contributed by atoms with Crippen molar-refractivity contribution in [1.29, 1.82) is 0 Å². The molecule has 2 heterocycles. The molecular formula is C26H38N2O4. The van der Waals surface area contributed by atoms with Crippen LogP contribution in [0.2, 0.25) is 0 Å². The Labute approximate surface area is 192 Å². The SMILES string of the molecule is COc1cccc(CCC(=O)N2CC(CCC(=O)N3CCOCC3)C3(CCCCC3)C2)c1. The van der Waals surface area contributed by atoms with Crippen LogP contribution in [0.5, 0.6) is 5.75 Å². The average molecular weight is 443 g/mol. The van der Waals surface area contributed by atoms with Crippen molar-refractivity contribution in [3.8, 4) is 5.75 Å². The molecule has 6 heteroatoms. The Morgan fingerprint density at radius 1 is 1.06 bits per heavy atom. The van der Waals surface area contributed by atoms with E-state index in [0.717, 1.165) is 37.2 Å². The molecule has 3 fully saturated rings. The van der Waals surface area contributed by atoms with Gasteiger partial charge in [0, 0.05) is 39.0 Å². The number of likely N-dealkylation sites (tertiary alicyclic amines) is 1. The number of amides is 2. The molecule has 2 saturated heterocycles. The first-order valence-electron chi connectivity index (χ1n) is 12.4. The van der Waals surface area contributed by atoms with Gasteiger partial charge in [-0.3, -0.25) is 9.59 Å². The van der Waals surface area contributed by atoms with E-state index in [2.05, 4.69) is 11.0 Å². The van der Waals surface area contributed by atoms with Crippen molar-refractivity contribution in [3.63, 3.8) is 0 Å². The highest BCUT2D eigenvalue weighted by Crippen LogP contribution is 2.49. The fourth-order valence-corrected chi connectivity index (χ4v) is 5.95. The largest absolute Gasteiger partial charge is 0.497 e. The van der Waals surface area contributed by atoms with Gasteiger partial charge in [0.25, 0.3) is 0 Å². The van der Waals surface area contributed by atoms with E-state index in [1.807, 2.05) is 23.1 Å². The van der Waals surface area contributed by atoms with Crippen LogP contribution in [0.25, 0.3) is 0 Å². The molecule has 0 bridgehead atoms. The summed E-state index contributed by atoms with van der Waals surface area (Å²) in [6, 6.07) is 7.98. The number of carbonyl (C=O) groups excluding carboxylic acids is 2. The third-order valence-electron chi connectivity index (χ3n) is 7.85. The zero-order valence-corrected chi connectivity index (χ0v) is 19.5. The normalized spacial score (nSPS) is 22.8. The fraction of sp³-hybridized carbons (Fsp3) is 0.692. The molecule has 0 aromatic heterocycles.